The first kappa shape index (κ1) is 23.9. The second-order valence-electron chi connectivity index (χ2n) is 6.98. The first-order chi connectivity index (χ1) is 15.2. The molecule has 8 nitrogen and oxygen atoms in total. The van der Waals surface area contributed by atoms with Crippen LogP contribution in [0.15, 0.2) is 42.6 Å². The molecule has 2 heterocycles. The van der Waals surface area contributed by atoms with Gasteiger partial charge in [-0.25, -0.2) is 0 Å². The van der Waals surface area contributed by atoms with Gasteiger partial charge in [0.25, 0.3) is 0 Å². The van der Waals surface area contributed by atoms with Gasteiger partial charge in [0.15, 0.2) is 23.7 Å². The van der Waals surface area contributed by atoms with Crippen LogP contribution in [0, 0.1) is 0 Å². The first-order valence-corrected chi connectivity index (χ1v) is 11.2. The van der Waals surface area contributed by atoms with Crippen molar-refractivity contribution in [2.24, 2.45) is 0 Å². The molecule has 0 aliphatic carbocycles. The van der Waals surface area contributed by atoms with Gasteiger partial charge in [-0.2, -0.15) is 0 Å². The van der Waals surface area contributed by atoms with Crippen LogP contribution in [0.2, 0.25) is 5.02 Å². The van der Waals surface area contributed by atoms with E-state index < -0.39 is 41.7 Å². The summed E-state index contributed by atoms with van der Waals surface area (Å²) in [7, 11) is 0. The number of benzene rings is 1. The van der Waals surface area contributed by atoms with Crippen LogP contribution in [0.1, 0.15) is 20.8 Å². The zero-order chi connectivity index (χ0) is 23.3. The van der Waals surface area contributed by atoms with E-state index in [1.54, 1.807) is 36.5 Å². The minimum absolute atomic E-state index is 0.283. The van der Waals surface area contributed by atoms with Crippen molar-refractivity contribution in [3.05, 3.63) is 47.6 Å². The molecule has 4 atom stereocenters. The standard InChI is InChI=1S/C22H22ClNO7S/c1-12(25)28-18-11-32-22(21(30-14(3)27)20(18)29-13(2)26)31-16-7-4-6-15(10-16)19-17(23)8-5-9-24-19/h4-10,18,20-22H,11H2,1-3H3/t18-,20+,21-,22+/m1/s1. The van der Waals surface area contributed by atoms with Gasteiger partial charge in [0.2, 0.25) is 0 Å². The Labute approximate surface area is 194 Å². The number of thioether (sulfide) groups is 1. The molecular weight excluding hydrogens is 458 g/mol. The van der Waals surface area contributed by atoms with E-state index in [0.29, 0.717) is 16.5 Å². The molecule has 2 aromatic rings. The molecule has 0 saturated carbocycles. The van der Waals surface area contributed by atoms with Crippen molar-refractivity contribution in [1.29, 1.82) is 0 Å². The predicted molar refractivity (Wildman–Crippen MR) is 118 cm³/mol. The second kappa shape index (κ2) is 10.7. The number of carbonyl (C=O) groups excluding carboxylic acids is 3. The van der Waals surface area contributed by atoms with Crippen LogP contribution < -0.4 is 4.74 Å². The lowest BCUT2D eigenvalue weighted by Gasteiger charge is -2.39. The van der Waals surface area contributed by atoms with Crippen molar-refractivity contribution in [1.82, 2.24) is 4.98 Å². The minimum Gasteiger partial charge on any atom is -0.476 e. The summed E-state index contributed by atoms with van der Waals surface area (Å²) in [5, 5.41) is 0.494. The number of halogens is 1. The highest BCUT2D eigenvalue weighted by Gasteiger charge is 2.47. The number of rotatable bonds is 6. The summed E-state index contributed by atoms with van der Waals surface area (Å²) < 4.78 is 22.2. The van der Waals surface area contributed by atoms with Gasteiger partial charge in [-0.05, 0) is 24.3 Å². The van der Waals surface area contributed by atoms with E-state index in [0.717, 1.165) is 5.56 Å². The van der Waals surface area contributed by atoms with Gasteiger partial charge in [-0.3, -0.25) is 19.4 Å². The van der Waals surface area contributed by atoms with Crippen LogP contribution in [0.3, 0.4) is 0 Å². The average Bonchev–Trinajstić information content (AvgIpc) is 2.72. The SMILES string of the molecule is CC(=O)O[C@@H]1[C@@H](OC(C)=O)[C@@H](Oc2cccc(-c3ncccc3Cl)c2)SC[C@H]1OC(C)=O. The zero-order valence-electron chi connectivity index (χ0n) is 17.6. The van der Waals surface area contributed by atoms with Crippen LogP contribution in [-0.4, -0.2) is 52.4 Å². The summed E-state index contributed by atoms with van der Waals surface area (Å²) in [6.07, 6.45) is -1.16. The van der Waals surface area contributed by atoms with E-state index >= 15 is 0 Å². The van der Waals surface area contributed by atoms with Crippen molar-refractivity contribution < 1.29 is 33.3 Å². The van der Waals surface area contributed by atoms with E-state index in [9.17, 15) is 14.4 Å². The van der Waals surface area contributed by atoms with Crippen molar-refractivity contribution in [3.8, 4) is 17.0 Å². The lowest BCUT2D eigenvalue weighted by atomic mass is 10.1. The van der Waals surface area contributed by atoms with E-state index in [1.807, 2.05) is 6.07 Å². The normalized spacial score (nSPS) is 22.5. The van der Waals surface area contributed by atoms with Gasteiger partial charge >= 0.3 is 17.9 Å². The smallest absolute Gasteiger partial charge is 0.303 e. The average molecular weight is 480 g/mol. The van der Waals surface area contributed by atoms with Crippen molar-refractivity contribution in [2.45, 2.75) is 44.5 Å². The quantitative estimate of drug-likeness (QED) is 0.453. The van der Waals surface area contributed by atoms with E-state index in [2.05, 4.69) is 4.98 Å². The molecule has 0 N–H and O–H groups in total. The van der Waals surface area contributed by atoms with E-state index in [-0.39, 0.29) is 5.75 Å². The van der Waals surface area contributed by atoms with Gasteiger partial charge < -0.3 is 18.9 Å². The minimum atomic E-state index is -1.01. The fourth-order valence-corrected chi connectivity index (χ4v) is 4.71. The van der Waals surface area contributed by atoms with Crippen LogP contribution in [-0.2, 0) is 28.6 Å². The van der Waals surface area contributed by atoms with Crippen LogP contribution in [0.5, 0.6) is 5.75 Å². The van der Waals surface area contributed by atoms with Gasteiger partial charge in [0.05, 0.1) is 10.7 Å². The van der Waals surface area contributed by atoms with E-state index in [4.69, 9.17) is 30.5 Å². The Kier molecular flexibility index (Phi) is 7.98. The molecule has 0 amide bonds. The highest BCUT2D eigenvalue weighted by atomic mass is 35.5. The maximum absolute atomic E-state index is 11.8. The maximum Gasteiger partial charge on any atom is 0.303 e. The first-order valence-electron chi connectivity index (χ1n) is 9.75. The van der Waals surface area contributed by atoms with Crippen LogP contribution in [0.25, 0.3) is 11.3 Å². The molecule has 1 aliphatic heterocycles. The molecule has 0 bridgehead atoms. The predicted octanol–water partition coefficient (Wildman–Crippen LogP) is 3.65. The third-order valence-corrected chi connectivity index (χ3v) is 5.94. The maximum atomic E-state index is 11.8. The Morgan fingerprint density at radius 3 is 2.31 bits per heavy atom. The molecule has 1 fully saturated rings. The molecule has 1 saturated heterocycles. The topological polar surface area (TPSA) is 101 Å². The fraction of sp³-hybridized carbons (Fsp3) is 0.364. The Hall–Kier alpha value is -2.78. The van der Waals surface area contributed by atoms with Crippen LogP contribution in [0.4, 0.5) is 0 Å². The molecule has 0 spiro atoms. The molecule has 1 aromatic carbocycles. The monoisotopic (exact) mass is 479 g/mol. The number of pyridine rings is 1. The van der Waals surface area contributed by atoms with Crippen molar-refractivity contribution in [3.63, 3.8) is 0 Å². The third kappa shape index (κ3) is 6.14. The van der Waals surface area contributed by atoms with Gasteiger partial charge in [-0.15, -0.1) is 11.8 Å². The molecular formula is C22H22ClNO7S. The summed E-state index contributed by atoms with van der Waals surface area (Å²) in [4.78, 5) is 39.3. The molecule has 0 unspecified atom stereocenters. The fourth-order valence-electron chi connectivity index (χ4n) is 3.26. The van der Waals surface area contributed by atoms with Gasteiger partial charge in [-0.1, -0.05) is 23.7 Å². The summed E-state index contributed by atoms with van der Waals surface area (Å²) in [6, 6.07) is 10.6. The molecule has 0 radical (unpaired) electrons. The molecule has 10 heteroatoms. The summed E-state index contributed by atoms with van der Waals surface area (Å²) in [5.41, 5.74) is 0.622. The number of carbonyl (C=O) groups is 3. The van der Waals surface area contributed by atoms with Crippen molar-refractivity contribution in [2.75, 3.05) is 5.75 Å². The summed E-state index contributed by atoms with van der Waals surface area (Å²) in [5.74, 6) is -0.952. The summed E-state index contributed by atoms with van der Waals surface area (Å²) in [6.45, 7) is 3.73. The number of ether oxygens (including phenoxy) is 4. The van der Waals surface area contributed by atoms with Gasteiger partial charge in [0, 0.05) is 38.3 Å². The lowest BCUT2D eigenvalue weighted by Crippen LogP contribution is -2.55. The molecule has 32 heavy (non-hydrogen) atoms. The number of nitrogens with zero attached hydrogens (tertiary/aromatic N) is 1. The second-order valence-corrected chi connectivity index (χ2v) is 8.52. The number of hydrogen-bond donors (Lipinski definition) is 0. The Morgan fingerprint density at radius 1 is 0.969 bits per heavy atom. The lowest BCUT2D eigenvalue weighted by molar-refractivity contribution is -0.186. The number of hydrogen-bond acceptors (Lipinski definition) is 9. The number of esters is 3. The zero-order valence-corrected chi connectivity index (χ0v) is 19.2. The molecule has 170 valence electrons. The van der Waals surface area contributed by atoms with Gasteiger partial charge in [0.1, 0.15) is 5.75 Å². The van der Waals surface area contributed by atoms with E-state index in [1.165, 1.54) is 32.5 Å². The number of aromatic nitrogens is 1. The highest BCUT2D eigenvalue weighted by Crippen LogP contribution is 2.35. The Bertz CT molecular complexity index is 1000. The molecule has 1 aromatic heterocycles. The summed E-state index contributed by atoms with van der Waals surface area (Å²) >= 11 is 7.54. The van der Waals surface area contributed by atoms with Crippen LogP contribution >= 0.6 is 23.4 Å². The van der Waals surface area contributed by atoms with Crippen molar-refractivity contribution >= 4 is 41.3 Å². The Balaban J connectivity index is 1.88. The molecule has 1 aliphatic rings. The Morgan fingerprint density at radius 2 is 1.66 bits per heavy atom. The third-order valence-electron chi connectivity index (χ3n) is 4.42. The molecule has 3 rings (SSSR count). The largest absolute Gasteiger partial charge is 0.476 e. The highest BCUT2D eigenvalue weighted by molar-refractivity contribution is 7.99.